The predicted octanol–water partition coefficient (Wildman–Crippen LogP) is 4.29. The Kier molecular flexibility index (Phi) is 4.10. The zero-order valence-electron chi connectivity index (χ0n) is 10.1. The molecular weight excluding hydrogens is 310 g/mol. The highest BCUT2D eigenvalue weighted by Gasteiger charge is 2.14. The summed E-state index contributed by atoms with van der Waals surface area (Å²) in [6.07, 6.45) is 0.730. The summed E-state index contributed by atoms with van der Waals surface area (Å²) < 4.78 is 1.05. The van der Waals surface area contributed by atoms with Crippen molar-refractivity contribution in [3.05, 3.63) is 33.5 Å². The van der Waals surface area contributed by atoms with Gasteiger partial charge < -0.3 is 0 Å². The van der Waals surface area contributed by atoms with Crippen LogP contribution in [0.3, 0.4) is 0 Å². The smallest absolute Gasteiger partial charge is 0.146 e. The fourth-order valence-corrected chi connectivity index (χ4v) is 3.04. The van der Waals surface area contributed by atoms with Crippen molar-refractivity contribution in [3.63, 3.8) is 0 Å². The molecule has 0 aromatic carbocycles. The molecule has 2 aromatic rings. The molecule has 0 aliphatic rings. The van der Waals surface area contributed by atoms with E-state index in [1.54, 1.807) is 11.3 Å². The lowest BCUT2D eigenvalue weighted by Crippen LogP contribution is -2.03. The number of hydrogen-bond acceptors (Lipinski definition) is 4. The molecule has 0 aliphatic heterocycles. The zero-order chi connectivity index (χ0) is 13.1. The summed E-state index contributed by atoms with van der Waals surface area (Å²) in [5, 5.41) is 11.1. The van der Waals surface area contributed by atoms with E-state index < -0.39 is 0 Å². The van der Waals surface area contributed by atoms with Gasteiger partial charge in [-0.2, -0.15) is 5.26 Å². The third-order valence-corrected chi connectivity index (χ3v) is 4.28. The number of nitrogens with zero attached hydrogens (tertiary/aromatic N) is 3. The van der Waals surface area contributed by atoms with Crippen LogP contribution in [-0.2, 0) is 0 Å². The van der Waals surface area contributed by atoms with Crippen LogP contribution in [0.4, 0.5) is 0 Å². The molecule has 0 fully saturated rings. The molecule has 0 saturated carbocycles. The van der Waals surface area contributed by atoms with Gasteiger partial charge in [0.1, 0.15) is 11.7 Å². The van der Waals surface area contributed by atoms with Gasteiger partial charge in [-0.25, -0.2) is 9.97 Å². The molecule has 0 bridgehead atoms. The van der Waals surface area contributed by atoms with E-state index in [0.29, 0.717) is 5.82 Å². The summed E-state index contributed by atoms with van der Waals surface area (Å²) in [5.41, 5.74) is 1.79. The average Bonchev–Trinajstić information content (AvgIpc) is 2.77. The minimum Gasteiger partial charge on any atom is -0.237 e. The van der Waals surface area contributed by atoms with Crippen molar-refractivity contribution in [2.24, 2.45) is 0 Å². The van der Waals surface area contributed by atoms with Crippen molar-refractivity contribution < 1.29 is 0 Å². The van der Waals surface area contributed by atoms with Gasteiger partial charge in [-0.15, -0.1) is 11.3 Å². The van der Waals surface area contributed by atoms with E-state index in [9.17, 15) is 0 Å². The van der Waals surface area contributed by atoms with Crippen molar-refractivity contribution in [2.75, 3.05) is 0 Å². The van der Waals surface area contributed by atoms with Crippen LogP contribution in [0, 0.1) is 18.3 Å². The molecule has 0 amide bonds. The normalized spacial score (nSPS) is 12.1. The van der Waals surface area contributed by atoms with Crippen LogP contribution in [0.15, 0.2) is 22.0 Å². The predicted molar refractivity (Wildman–Crippen MR) is 76.4 cm³/mol. The van der Waals surface area contributed by atoms with Gasteiger partial charge in [0.25, 0.3) is 0 Å². The van der Waals surface area contributed by atoms with E-state index in [4.69, 9.17) is 5.26 Å². The van der Waals surface area contributed by atoms with E-state index in [2.05, 4.69) is 32.0 Å². The Hall–Kier alpha value is -1.25. The Balaban J connectivity index is 2.47. The standard InChI is InChI=1S/C13H12BrN3S/c1-3-9(6-15)13-16-8(2)4-11(17-13)12-5-10(14)7-18-12/h4-5,7,9H,3H2,1-2H3. The summed E-state index contributed by atoms with van der Waals surface area (Å²) >= 11 is 5.06. The molecule has 0 aliphatic carbocycles. The number of rotatable bonds is 3. The van der Waals surface area contributed by atoms with Gasteiger partial charge in [-0.05, 0) is 41.4 Å². The lowest BCUT2D eigenvalue weighted by molar-refractivity contribution is 0.746. The lowest BCUT2D eigenvalue weighted by atomic mass is 10.1. The number of halogens is 1. The molecule has 18 heavy (non-hydrogen) atoms. The summed E-state index contributed by atoms with van der Waals surface area (Å²) in [4.78, 5) is 9.97. The van der Waals surface area contributed by atoms with Gasteiger partial charge in [0, 0.05) is 15.5 Å². The maximum atomic E-state index is 9.10. The second-order valence-electron chi connectivity index (χ2n) is 3.97. The second-order valence-corrected chi connectivity index (χ2v) is 5.80. The van der Waals surface area contributed by atoms with Crippen LogP contribution in [0.5, 0.6) is 0 Å². The molecule has 5 heteroatoms. The molecule has 2 heterocycles. The van der Waals surface area contributed by atoms with Crippen LogP contribution < -0.4 is 0 Å². The Labute approximate surface area is 119 Å². The zero-order valence-corrected chi connectivity index (χ0v) is 12.5. The van der Waals surface area contributed by atoms with Gasteiger partial charge >= 0.3 is 0 Å². The van der Waals surface area contributed by atoms with Crippen molar-refractivity contribution in [2.45, 2.75) is 26.2 Å². The summed E-state index contributed by atoms with van der Waals surface area (Å²) in [6.45, 7) is 3.91. The first-order valence-electron chi connectivity index (χ1n) is 5.63. The van der Waals surface area contributed by atoms with Gasteiger partial charge in [0.2, 0.25) is 0 Å². The number of aryl methyl sites for hydroxylation is 1. The van der Waals surface area contributed by atoms with Crippen molar-refractivity contribution in [1.29, 1.82) is 5.26 Å². The maximum Gasteiger partial charge on any atom is 0.146 e. The topological polar surface area (TPSA) is 49.6 Å². The minimum atomic E-state index is -0.230. The van der Waals surface area contributed by atoms with Gasteiger partial charge in [0.15, 0.2) is 0 Å². The van der Waals surface area contributed by atoms with Crippen LogP contribution in [-0.4, -0.2) is 9.97 Å². The van der Waals surface area contributed by atoms with E-state index in [-0.39, 0.29) is 5.92 Å². The molecule has 1 atom stereocenters. The van der Waals surface area contributed by atoms with E-state index >= 15 is 0 Å². The van der Waals surface area contributed by atoms with Crippen molar-refractivity contribution in [1.82, 2.24) is 9.97 Å². The SMILES string of the molecule is CCC(C#N)c1nc(C)cc(-c2cc(Br)cs2)n1. The largest absolute Gasteiger partial charge is 0.237 e. The monoisotopic (exact) mass is 321 g/mol. The molecule has 0 spiro atoms. The molecule has 2 rings (SSSR count). The van der Waals surface area contributed by atoms with Gasteiger partial charge in [-0.1, -0.05) is 6.92 Å². The third-order valence-electron chi connectivity index (χ3n) is 2.57. The Morgan fingerprint density at radius 2 is 2.22 bits per heavy atom. The molecule has 0 N–H and O–H groups in total. The first-order valence-corrected chi connectivity index (χ1v) is 7.31. The lowest BCUT2D eigenvalue weighted by Gasteiger charge is -2.07. The first-order chi connectivity index (χ1) is 8.63. The van der Waals surface area contributed by atoms with Gasteiger partial charge in [-0.3, -0.25) is 0 Å². The fourth-order valence-electron chi connectivity index (χ4n) is 1.65. The number of thiophene rings is 1. The molecule has 2 aromatic heterocycles. The molecule has 1 unspecified atom stereocenters. The first kappa shape index (κ1) is 13.2. The molecule has 0 saturated heterocycles. The summed E-state index contributed by atoms with van der Waals surface area (Å²) in [7, 11) is 0. The number of nitriles is 1. The second kappa shape index (κ2) is 5.59. The maximum absolute atomic E-state index is 9.10. The Morgan fingerprint density at radius 1 is 1.44 bits per heavy atom. The van der Waals surface area contributed by atoms with E-state index in [1.165, 1.54) is 0 Å². The average molecular weight is 322 g/mol. The minimum absolute atomic E-state index is 0.230. The highest BCUT2D eigenvalue weighted by Crippen LogP contribution is 2.29. The van der Waals surface area contributed by atoms with Crippen molar-refractivity contribution in [3.8, 4) is 16.6 Å². The van der Waals surface area contributed by atoms with E-state index in [0.717, 1.165) is 27.2 Å². The number of aromatic nitrogens is 2. The van der Waals surface area contributed by atoms with Crippen LogP contribution in [0.2, 0.25) is 0 Å². The highest BCUT2D eigenvalue weighted by molar-refractivity contribution is 9.10. The highest BCUT2D eigenvalue weighted by atomic mass is 79.9. The molecule has 92 valence electrons. The Morgan fingerprint density at radius 3 is 2.78 bits per heavy atom. The van der Waals surface area contributed by atoms with Crippen molar-refractivity contribution >= 4 is 27.3 Å². The fraction of sp³-hybridized carbons (Fsp3) is 0.308. The Bertz CT molecular complexity index is 601. The molecule has 0 radical (unpaired) electrons. The summed E-state index contributed by atoms with van der Waals surface area (Å²) in [5.74, 6) is 0.395. The van der Waals surface area contributed by atoms with Crippen LogP contribution >= 0.6 is 27.3 Å². The quantitative estimate of drug-likeness (QED) is 0.847. The molecule has 3 nitrogen and oxygen atoms in total. The summed E-state index contributed by atoms with van der Waals surface area (Å²) in [6, 6.07) is 6.23. The van der Waals surface area contributed by atoms with Crippen LogP contribution in [0.1, 0.15) is 30.8 Å². The third kappa shape index (κ3) is 2.77. The molecular formula is C13H12BrN3S. The van der Waals surface area contributed by atoms with E-state index in [1.807, 2.05) is 31.4 Å². The number of hydrogen-bond donors (Lipinski definition) is 0. The van der Waals surface area contributed by atoms with Crippen LogP contribution in [0.25, 0.3) is 10.6 Å². The van der Waals surface area contributed by atoms with Gasteiger partial charge in [0.05, 0.1) is 16.6 Å².